The van der Waals surface area contributed by atoms with Crippen LogP contribution in [-0.2, 0) is 4.79 Å². The van der Waals surface area contributed by atoms with Crippen LogP contribution in [-0.4, -0.2) is 29.0 Å². The number of methoxy groups -OCH3 is 1. The van der Waals surface area contributed by atoms with Crippen molar-refractivity contribution >= 4 is 23.4 Å². The summed E-state index contributed by atoms with van der Waals surface area (Å²) in [5.74, 6) is 0.269. The Hall–Kier alpha value is -2.87. The number of hydrogen-bond acceptors (Lipinski definition) is 6. The van der Waals surface area contributed by atoms with Crippen LogP contribution >= 0.6 is 11.8 Å². The number of rotatable bonds is 6. The summed E-state index contributed by atoms with van der Waals surface area (Å²) < 4.78 is 24.4. The lowest BCUT2D eigenvalue weighted by Crippen LogP contribution is -2.15. The molecule has 6 nitrogen and oxygen atoms in total. The van der Waals surface area contributed by atoms with E-state index in [-0.39, 0.29) is 22.6 Å². The molecule has 0 radical (unpaired) electrons. The van der Waals surface area contributed by atoms with E-state index in [2.05, 4.69) is 15.5 Å². The minimum atomic E-state index is -0.470. The normalized spacial score (nSPS) is 10.6. The summed E-state index contributed by atoms with van der Waals surface area (Å²) in [6, 6.07) is 11.8. The van der Waals surface area contributed by atoms with Crippen molar-refractivity contribution in [3.63, 3.8) is 0 Å². The molecule has 0 unspecified atom stereocenters. The third kappa shape index (κ3) is 4.40. The fourth-order valence-electron chi connectivity index (χ4n) is 2.15. The third-order valence-corrected chi connectivity index (χ3v) is 4.29. The molecular weight excluding hydrogens is 357 g/mol. The molecule has 1 aromatic heterocycles. The fourth-order valence-corrected chi connectivity index (χ4v) is 2.72. The molecule has 3 rings (SSSR count). The predicted molar refractivity (Wildman–Crippen MR) is 96.8 cm³/mol. The first kappa shape index (κ1) is 17.9. The first-order valence-corrected chi connectivity index (χ1v) is 8.70. The summed E-state index contributed by atoms with van der Waals surface area (Å²) in [5, 5.41) is 10.6. The van der Waals surface area contributed by atoms with Gasteiger partial charge < -0.3 is 14.5 Å². The Labute approximate surface area is 153 Å². The summed E-state index contributed by atoms with van der Waals surface area (Å²) in [7, 11) is 1.59. The molecular formula is C18H16FN3O3S. The predicted octanol–water partition coefficient (Wildman–Crippen LogP) is 3.92. The first-order valence-electron chi connectivity index (χ1n) is 7.72. The number of halogens is 1. The summed E-state index contributed by atoms with van der Waals surface area (Å²) in [4.78, 5) is 12.0. The molecule has 1 amide bonds. The van der Waals surface area contributed by atoms with Crippen molar-refractivity contribution in [1.82, 2.24) is 10.2 Å². The zero-order chi connectivity index (χ0) is 18.5. The van der Waals surface area contributed by atoms with Gasteiger partial charge >= 0.3 is 0 Å². The van der Waals surface area contributed by atoms with Crippen LogP contribution in [0.3, 0.4) is 0 Å². The van der Waals surface area contributed by atoms with Gasteiger partial charge in [0.15, 0.2) is 0 Å². The van der Waals surface area contributed by atoms with Crippen molar-refractivity contribution in [2.24, 2.45) is 0 Å². The van der Waals surface area contributed by atoms with Gasteiger partial charge in [0.1, 0.15) is 11.6 Å². The maximum Gasteiger partial charge on any atom is 0.277 e. The minimum absolute atomic E-state index is 0.0254. The molecule has 1 heterocycles. The number of ether oxygens (including phenoxy) is 1. The average Bonchev–Trinajstić information content (AvgIpc) is 3.11. The van der Waals surface area contributed by atoms with Gasteiger partial charge in [-0.05, 0) is 48.9 Å². The number of nitrogens with zero attached hydrogens (tertiary/aromatic N) is 2. The number of hydrogen-bond donors (Lipinski definition) is 1. The number of nitrogens with one attached hydrogen (secondary N) is 1. The lowest BCUT2D eigenvalue weighted by atomic mass is 10.2. The highest BCUT2D eigenvalue weighted by atomic mass is 32.2. The SMILES string of the molecule is COc1ccc(-c2nnc(SCC(=O)Nc3ccc(C)cc3F)o2)cc1. The van der Waals surface area contributed by atoms with Gasteiger partial charge in [-0.3, -0.25) is 4.79 Å². The second-order valence-corrected chi connectivity index (χ2v) is 6.35. The zero-order valence-electron chi connectivity index (χ0n) is 14.2. The van der Waals surface area contributed by atoms with Crippen LogP contribution in [0, 0.1) is 12.7 Å². The van der Waals surface area contributed by atoms with Gasteiger partial charge in [-0.2, -0.15) is 0 Å². The highest BCUT2D eigenvalue weighted by Gasteiger charge is 2.12. The Bertz CT molecular complexity index is 912. The molecule has 1 N–H and O–H groups in total. The number of benzene rings is 2. The fraction of sp³-hybridized carbons (Fsp3) is 0.167. The second kappa shape index (κ2) is 8.01. The molecule has 0 aliphatic heterocycles. The summed E-state index contributed by atoms with van der Waals surface area (Å²) >= 11 is 1.08. The van der Waals surface area contributed by atoms with E-state index in [0.29, 0.717) is 5.89 Å². The third-order valence-electron chi connectivity index (χ3n) is 3.47. The van der Waals surface area contributed by atoms with E-state index in [0.717, 1.165) is 28.6 Å². The van der Waals surface area contributed by atoms with E-state index in [9.17, 15) is 9.18 Å². The number of carbonyl (C=O) groups excluding carboxylic acids is 1. The molecule has 26 heavy (non-hydrogen) atoms. The lowest BCUT2D eigenvalue weighted by molar-refractivity contribution is -0.113. The molecule has 3 aromatic rings. The summed E-state index contributed by atoms with van der Waals surface area (Å²) in [6.07, 6.45) is 0. The van der Waals surface area contributed by atoms with E-state index in [1.807, 2.05) is 0 Å². The average molecular weight is 373 g/mol. The van der Waals surface area contributed by atoms with Gasteiger partial charge in [-0.15, -0.1) is 10.2 Å². The van der Waals surface area contributed by atoms with Crippen LogP contribution in [0.5, 0.6) is 5.75 Å². The highest BCUT2D eigenvalue weighted by Crippen LogP contribution is 2.25. The van der Waals surface area contributed by atoms with Crippen LogP contribution in [0.2, 0.25) is 0 Å². The van der Waals surface area contributed by atoms with E-state index < -0.39 is 5.82 Å². The Balaban J connectivity index is 1.58. The molecule has 0 bridgehead atoms. The van der Waals surface area contributed by atoms with Crippen LogP contribution < -0.4 is 10.1 Å². The Morgan fingerprint density at radius 3 is 2.69 bits per heavy atom. The van der Waals surface area contributed by atoms with Crippen molar-refractivity contribution in [3.05, 3.63) is 53.8 Å². The summed E-state index contributed by atoms with van der Waals surface area (Å²) in [5.41, 5.74) is 1.67. The van der Waals surface area contributed by atoms with Crippen molar-refractivity contribution < 1.29 is 18.3 Å². The van der Waals surface area contributed by atoms with Crippen molar-refractivity contribution in [1.29, 1.82) is 0 Å². The Morgan fingerprint density at radius 1 is 1.23 bits per heavy atom. The quantitative estimate of drug-likeness (QED) is 0.660. The van der Waals surface area contributed by atoms with Crippen molar-refractivity contribution in [3.8, 4) is 17.2 Å². The monoisotopic (exact) mass is 373 g/mol. The lowest BCUT2D eigenvalue weighted by Gasteiger charge is -2.05. The number of aromatic nitrogens is 2. The van der Waals surface area contributed by atoms with Crippen LogP contribution in [0.4, 0.5) is 10.1 Å². The number of anilines is 1. The minimum Gasteiger partial charge on any atom is -0.497 e. The maximum absolute atomic E-state index is 13.7. The highest BCUT2D eigenvalue weighted by molar-refractivity contribution is 7.99. The molecule has 134 valence electrons. The Kier molecular flexibility index (Phi) is 5.52. The molecule has 2 aromatic carbocycles. The van der Waals surface area contributed by atoms with Gasteiger partial charge in [0.05, 0.1) is 18.6 Å². The molecule has 8 heteroatoms. The number of carbonyl (C=O) groups is 1. The smallest absolute Gasteiger partial charge is 0.277 e. The van der Waals surface area contributed by atoms with Crippen molar-refractivity contribution in [2.75, 3.05) is 18.2 Å². The summed E-state index contributed by atoms with van der Waals surface area (Å²) in [6.45, 7) is 1.78. The molecule has 0 aliphatic rings. The molecule has 0 spiro atoms. The molecule has 0 aliphatic carbocycles. The number of thioether (sulfide) groups is 1. The molecule has 0 saturated carbocycles. The molecule has 0 fully saturated rings. The maximum atomic E-state index is 13.7. The standard InChI is InChI=1S/C18H16FN3O3S/c1-11-3-8-15(14(19)9-11)20-16(23)10-26-18-22-21-17(25-18)12-4-6-13(24-2)7-5-12/h3-9H,10H2,1-2H3,(H,20,23). The topological polar surface area (TPSA) is 77.2 Å². The first-order chi connectivity index (χ1) is 12.5. The zero-order valence-corrected chi connectivity index (χ0v) is 15.0. The van der Waals surface area contributed by atoms with E-state index in [1.165, 1.54) is 12.1 Å². The van der Waals surface area contributed by atoms with Gasteiger partial charge in [-0.25, -0.2) is 4.39 Å². The second-order valence-electron chi connectivity index (χ2n) is 5.42. The molecule has 0 atom stereocenters. The van der Waals surface area contributed by atoms with Crippen LogP contribution in [0.25, 0.3) is 11.5 Å². The van der Waals surface area contributed by atoms with Crippen LogP contribution in [0.15, 0.2) is 52.1 Å². The van der Waals surface area contributed by atoms with E-state index >= 15 is 0 Å². The van der Waals surface area contributed by atoms with E-state index in [1.54, 1.807) is 44.4 Å². The van der Waals surface area contributed by atoms with Crippen LogP contribution in [0.1, 0.15) is 5.56 Å². The van der Waals surface area contributed by atoms with Gasteiger partial charge in [0.25, 0.3) is 5.22 Å². The Morgan fingerprint density at radius 2 is 2.00 bits per heavy atom. The van der Waals surface area contributed by atoms with Gasteiger partial charge in [-0.1, -0.05) is 17.8 Å². The van der Waals surface area contributed by atoms with Crippen molar-refractivity contribution in [2.45, 2.75) is 12.1 Å². The largest absolute Gasteiger partial charge is 0.497 e. The van der Waals surface area contributed by atoms with E-state index in [4.69, 9.17) is 9.15 Å². The number of amides is 1. The van der Waals surface area contributed by atoms with Gasteiger partial charge in [0, 0.05) is 5.56 Å². The van der Waals surface area contributed by atoms with Gasteiger partial charge in [0.2, 0.25) is 11.8 Å². The number of aryl methyl sites for hydroxylation is 1. The molecule has 0 saturated heterocycles.